The lowest BCUT2D eigenvalue weighted by molar-refractivity contribution is 0.533. The minimum absolute atomic E-state index is 1.13. The van der Waals surface area contributed by atoms with Crippen molar-refractivity contribution in [2.45, 2.75) is 149 Å². The van der Waals surface area contributed by atoms with Gasteiger partial charge < -0.3 is 0 Å². The van der Waals surface area contributed by atoms with Crippen LogP contribution < -0.4 is 0 Å². The van der Waals surface area contributed by atoms with Crippen LogP contribution in [0.15, 0.2) is 24.3 Å². The molecular weight excluding hydrogens is 324 g/mol. The average molecular weight is 377 g/mol. The summed E-state index contributed by atoms with van der Waals surface area (Å²) in [4.78, 5) is 0. The van der Waals surface area contributed by atoms with Gasteiger partial charge in [-0.25, -0.2) is 0 Å². The first-order chi connectivity index (χ1) is 13.4. The number of hydrogen-bond acceptors (Lipinski definition) is 0. The summed E-state index contributed by atoms with van der Waals surface area (Å²) in [5, 5.41) is 0. The largest absolute Gasteiger partial charge is 0.0882 e. The van der Waals surface area contributed by atoms with Crippen LogP contribution in [0.2, 0.25) is 0 Å². The second-order valence-electron chi connectivity index (χ2n) is 8.41. The molecule has 0 rings (SSSR count). The number of unbranched alkanes of at least 4 members (excludes halogenated alkanes) is 18. The van der Waals surface area contributed by atoms with Crippen molar-refractivity contribution in [2.24, 2.45) is 0 Å². The molecule has 0 nitrogen and oxygen atoms in total. The van der Waals surface area contributed by atoms with Crippen LogP contribution in [-0.4, -0.2) is 0 Å². The highest BCUT2D eigenvalue weighted by Gasteiger charge is 1.94. The zero-order chi connectivity index (χ0) is 19.7. The minimum atomic E-state index is 1.13. The van der Waals surface area contributed by atoms with Gasteiger partial charge in [-0.1, -0.05) is 141 Å². The second-order valence-corrected chi connectivity index (χ2v) is 8.41. The summed E-state index contributed by atoms with van der Waals surface area (Å²) in [6, 6.07) is 0. The zero-order valence-corrected chi connectivity index (χ0v) is 19.2. The van der Waals surface area contributed by atoms with Crippen LogP contribution in [-0.2, 0) is 0 Å². The molecule has 0 radical (unpaired) electrons. The van der Waals surface area contributed by atoms with Crippen molar-refractivity contribution < 1.29 is 0 Å². The van der Waals surface area contributed by atoms with Gasteiger partial charge in [0, 0.05) is 0 Å². The molecule has 0 aliphatic heterocycles. The monoisotopic (exact) mass is 376 g/mol. The number of allylic oxidation sites excluding steroid dienone is 4. The molecule has 0 heterocycles. The maximum absolute atomic E-state index is 2.39. The Morgan fingerprint density at radius 2 is 0.630 bits per heavy atom. The van der Waals surface area contributed by atoms with E-state index in [1.807, 2.05) is 0 Å². The van der Waals surface area contributed by atoms with Crippen LogP contribution in [0.3, 0.4) is 0 Å². The summed E-state index contributed by atoms with van der Waals surface area (Å²) in [5.41, 5.74) is 0. The van der Waals surface area contributed by atoms with Crippen molar-refractivity contribution in [1.29, 1.82) is 0 Å². The fourth-order valence-electron chi connectivity index (χ4n) is 3.65. The fourth-order valence-corrected chi connectivity index (χ4v) is 3.65. The summed E-state index contributed by atoms with van der Waals surface area (Å²) in [5.74, 6) is 0. The molecule has 0 heteroatoms. The van der Waals surface area contributed by atoms with E-state index in [0.717, 1.165) is 6.42 Å². The standard InChI is InChI=1S/C27H52/c1-3-5-7-9-11-13-15-17-19-21-23-25-27-26-24-22-20-18-16-14-12-10-8-6-4-2/h11,13,17,19H,3-10,12,14-16,18,20-27H2,1-2H3. The molecule has 0 fully saturated rings. The van der Waals surface area contributed by atoms with Gasteiger partial charge in [0.05, 0.1) is 0 Å². The Bertz CT molecular complexity index is 299. The molecule has 0 amide bonds. The van der Waals surface area contributed by atoms with Crippen LogP contribution in [0.4, 0.5) is 0 Å². The van der Waals surface area contributed by atoms with Crippen LogP contribution in [0.25, 0.3) is 0 Å². The third-order valence-corrected chi connectivity index (χ3v) is 5.55. The topological polar surface area (TPSA) is 0 Å². The van der Waals surface area contributed by atoms with Gasteiger partial charge in [-0.05, 0) is 32.1 Å². The molecule has 27 heavy (non-hydrogen) atoms. The van der Waals surface area contributed by atoms with E-state index in [1.165, 1.54) is 128 Å². The van der Waals surface area contributed by atoms with E-state index < -0.39 is 0 Å². The highest BCUT2D eigenvalue weighted by molar-refractivity contribution is 4.92. The first-order valence-electron chi connectivity index (χ1n) is 12.7. The molecule has 0 saturated carbocycles. The van der Waals surface area contributed by atoms with E-state index >= 15 is 0 Å². The van der Waals surface area contributed by atoms with E-state index in [2.05, 4.69) is 38.2 Å². The van der Waals surface area contributed by atoms with E-state index in [1.54, 1.807) is 0 Å². The van der Waals surface area contributed by atoms with Crippen molar-refractivity contribution in [3.63, 3.8) is 0 Å². The third kappa shape index (κ3) is 25.5. The maximum atomic E-state index is 2.39. The molecular formula is C27H52. The lowest BCUT2D eigenvalue weighted by atomic mass is 10.0. The van der Waals surface area contributed by atoms with Crippen LogP contribution >= 0.6 is 0 Å². The van der Waals surface area contributed by atoms with Gasteiger partial charge in [-0.3, -0.25) is 0 Å². The van der Waals surface area contributed by atoms with Gasteiger partial charge in [-0.15, -0.1) is 0 Å². The number of rotatable bonds is 22. The minimum Gasteiger partial charge on any atom is -0.0882 e. The molecule has 0 aromatic heterocycles. The summed E-state index contributed by atoms with van der Waals surface area (Å²) in [6.45, 7) is 4.57. The molecule has 0 aromatic rings. The van der Waals surface area contributed by atoms with Crippen molar-refractivity contribution in [2.75, 3.05) is 0 Å². The van der Waals surface area contributed by atoms with E-state index in [0.29, 0.717) is 0 Å². The molecule has 160 valence electrons. The molecule has 0 unspecified atom stereocenters. The summed E-state index contributed by atoms with van der Waals surface area (Å²) in [6.07, 6.45) is 38.9. The summed E-state index contributed by atoms with van der Waals surface area (Å²) in [7, 11) is 0. The molecule has 0 aliphatic carbocycles. The first kappa shape index (κ1) is 26.5. The SMILES string of the molecule is CCCCCC=CCC=CCCCCCCCCCCCCCCCCC. The molecule has 0 bridgehead atoms. The van der Waals surface area contributed by atoms with Crippen molar-refractivity contribution >= 4 is 0 Å². The van der Waals surface area contributed by atoms with Gasteiger partial charge in [0.1, 0.15) is 0 Å². The Balaban J connectivity index is 3.09. The molecule has 0 aromatic carbocycles. The van der Waals surface area contributed by atoms with E-state index in [9.17, 15) is 0 Å². The quantitative estimate of drug-likeness (QED) is 0.130. The Morgan fingerprint density at radius 1 is 0.333 bits per heavy atom. The molecule has 0 aliphatic rings. The summed E-state index contributed by atoms with van der Waals surface area (Å²) < 4.78 is 0. The van der Waals surface area contributed by atoms with Crippen LogP contribution in [0, 0.1) is 0 Å². The van der Waals surface area contributed by atoms with Crippen LogP contribution in [0.1, 0.15) is 149 Å². The lowest BCUT2D eigenvalue weighted by Crippen LogP contribution is -1.83. The maximum Gasteiger partial charge on any atom is -0.0169 e. The predicted molar refractivity (Wildman–Crippen MR) is 127 cm³/mol. The molecule has 0 spiro atoms. The Labute approximate surface area is 173 Å². The Kier molecular flexibility index (Phi) is 25.0. The first-order valence-corrected chi connectivity index (χ1v) is 12.7. The molecule has 0 saturated heterocycles. The lowest BCUT2D eigenvalue weighted by Gasteiger charge is -2.03. The van der Waals surface area contributed by atoms with Crippen molar-refractivity contribution in [1.82, 2.24) is 0 Å². The third-order valence-electron chi connectivity index (χ3n) is 5.55. The highest BCUT2D eigenvalue weighted by atomic mass is 14.0. The van der Waals surface area contributed by atoms with E-state index in [4.69, 9.17) is 0 Å². The fraction of sp³-hybridized carbons (Fsp3) is 0.852. The molecule has 0 atom stereocenters. The van der Waals surface area contributed by atoms with Crippen molar-refractivity contribution in [3.05, 3.63) is 24.3 Å². The highest BCUT2D eigenvalue weighted by Crippen LogP contribution is 2.13. The van der Waals surface area contributed by atoms with Crippen molar-refractivity contribution in [3.8, 4) is 0 Å². The Hall–Kier alpha value is -0.520. The smallest absolute Gasteiger partial charge is 0.0169 e. The summed E-state index contributed by atoms with van der Waals surface area (Å²) >= 11 is 0. The van der Waals surface area contributed by atoms with Crippen LogP contribution in [0.5, 0.6) is 0 Å². The van der Waals surface area contributed by atoms with Gasteiger partial charge in [0.15, 0.2) is 0 Å². The van der Waals surface area contributed by atoms with Gasteiger partial charge >= 0.3 is 0 Å². The zero-order valence-electron chi connectivity index (χ0n) is 19.2. The van der Waals surface area contributed by atoms with E-state index in [-0.39, 0.29) is 0 Å². The normalized spacial score (nSPS) is 11.9. The second kappa shape index (κ2) is 25.5. The molecule has 0 N–H and O–H groups in total. The predicted octanol–water partition coefficient (Wildman–Crippen LogP) is 10.3. The number of hydrogen-bond donors (Lipinski definition) is 0. The van der Waals surface area contributed by atoms with Gasteiger partial charge in [0.2, 0.25) is 0 Å². The average Bonchev–Trinajstić information content (AvgIpc) is 2.68. The van der Waals surface area contributed by atoms with Gasteiger partial charge in [0.25, 0.3) is 0 Å². The Morgan fingerprint density at radius 3 is 1.04 bits per heavy atom. The van der Waals surface area contributed by atoms with Gasteiger partial charge in [-0.2, -0.15) is 0 Å².